The molecule has 1 N–H and O–H groups in total. The Balaban J connectivity index is 1.36. The van der Waals surface area contributed by atoms with Crippen molar-refractivity contribution in [1.82, 2.24) is 0 Å². The number of para-hydroxylation sites is 1. The van der Waals surface area contributed by atoms with E-state index in [9.17, 15) is 0 Å². The third kappa shape index (κ3) is 5.09. The minimum Gasteiger partial charge on any atom is -0.489 e. The second-order valence-electron chi connectivity index (χ2n) is 7.32. The Hall–Kier alpha value is -2.98. The summed E-state index contributed by atoms with van der Waals surface area (Å²) in [5.74, 6) is 0.924. The minimum atomic E-state index is 0.581. The van der Waals surface area contributed by atoms with Gasteiger partial charge in [0.2, 0.25) is 0 Å². The SMILES string of the molecule is Cc1ccccc1COc1ccccc1CNc1ccc(N2CCOCC2)cc1. The Labute approximate surface area is 173 Å². The number of rotatable bonds is 7. The van der Waals surface area contributed by atoms with E-state index in [1.54, 1.807) is 0 Å². The molecular formula is C25H28N2O2. The molecule has 0 spiro atoms. The van der Waals surface area contributed by atoms with Gasteiger partial charge in [-0.05, 0) is 48.4 Å². The molecule has 4 rings (SSSR count). The van der Waals surface area contributed by atoms with Crippen LogP contribution in [0.2, 0.25) is 0 Å². The molecule has 3 aromatic carbocycles. The third-order valence-corrected chi connectivity index (χ3v) is 5.34. The van der Waals surface area contributed by atoms with Gasteiger partial charge < -0.3 is 19.7 Å². The lowest BCUT2D eigenvalue weighted by Gasteiger charge is -2.29. The molecule has 0 radical (unpaired) electrons. The second-order valence-corrected chi connectivity index (χ2v) is 7.32. The Morgan fingerprint density at radius 3 is 2.31 bits per heavy atom. The molecule has 1 heterocycles. The van der Waals surface area contributed by atoms with E-state index in [4.69, 9.17) is 9.47 Å². The zero-order valence-electron chi connectivity index (χ0n) is 16.9. The number of hydrogen-bond donors (Lipinski definition) is 1. The minimum absolute atomic E-state index is 0.581. The van der Waals surface area contributed by atoms with Crippen molar-refractivity contribution in [2.45, 2.75) is 20.1 Å². The number of nitrogens with one attached hydrogen (secondary N) is 1. The average Bonchev–Trinajstić information content (AvgIpc) is 2.79. The quantitative estimate of drug-likeness (QED) is 0.616. The maximum Gasteiger partial charge on any atom is 0.124 e. The van der Waals surface area contributed by atoms with Gasteiger partial charge in [-0.15, -0.1) is 0 Å². The molecule has 1 saturated heterocycles. The van der Waals surface area contributed by atoms with Gasteiger partial charge in [0.25, 0.3) is 0 Å². The van der Waals surface area contributed by atoms with Crippen molar-refractivity contribution >= 4 is 11.4 Å². The van der Waals surface area contributed by atoms with Crippen molar-refractivity contribution in [3.8, 4) is 5.75 Å². The number of aryl methyl sites for hydroxylation is 1. The van der Waals surface area contributed by atoms with Crippen molar-refractivity contribution in [2.24, 2.45) is 0 Å². The molecule has 150 valence electrons. The molecule has 4 nitrogen and oxygen atoms in total. The van der Waals surface area contributed by atoms with Crippen LogP contribution in [-0.2, 0) is 17.9 Å². The maximum absolute atomic E-state index is 6.13. The summed E-state index contributed by atoms with van der Waals surface area (Å²) in [5, 5.41) is 3.52. The zero-order chi connectivity index (χ0) is 19.9. The average molecular weight is 389 g/mol. The maximum atomic E-state index is 6.13. The predicted molar refractivity (Wildman–Crippen MR) is 119 cm³/mol. The monoisotopic (exact) mass is 388 g/mol. The largest absolute Gasteiger partial charge is 0.489 e. The van der Waals surface area contributed by atoms with Gasteiger partial charge in [0.05, 0.1) is 13.2 Å². The van der Waals surface area contributed by atoms with Gasteiger partial charge in [-0.1, -0.05) is 42.5 Å². The highest BCUT2D eigenvalue weighted by atomic mass is 16.5. The topological polar surface area (TPSA) is 33.7 Å². The summed E-state index contributed by atoms with van der Waals surface area (Å²) in [6.45, 7) is 6.95. The van der Waals surface area contributed by atoms with E-state index in [2.05, 4.69) is 77.8 Å². The van der Waals surface area contributed by atoms with E-state index >= 15 is 0 Å². The summed E-state index contributed by atoms with van der Waals surface area (Å²) in [6, 6.07) is 25.2. The summed E-state index contributed by atoms with van der Waals surface area (Å²) in [6.07, 6.45) is 0. The van der Waals surface area contributed by atoms with Gasteiger partial charge >= 0.3 is 0 Å². The molecule has 4 heteroatoms. The van der Waals surface area contributed by atoms with Crippen LogP contribution < -0.4 is 15.0 Å². The molecule has 3 aromatic rings. The smallest absolute Gasteiger partial charge is 0.124 e. The molecule has 0 aliphatic carbocycles. The van der Waals surface area contributed by atoms with Crippen LogP contribution in [0, 0.1) is 6.92 Å². The first kappa shape index (κ1) is 19.3. The fraction of sp³-hybridized carbons (Fsp3) is 0.280. The third-order valence-electron chi connectivity index (χ3n) is 5.34. The van der Waals surface area contributed by atoms with E-state index in [0.717, 1.165) is 49.8 Å². The van der Waals surface area contributed by atoms with E-state index in [1.165, 1.54) is 16.8 Å². The molecule has 0 aromatic heterocycles. The van der Waals surface area contributed by atoms with Crippen LogP contribution in [0.15, 0.2) is 72.8 Å². The van der Waals surface area contributed by atoms with Crippen molar-refractivity contribution in [2.75, 3.05) is 36.5 Å². The summed E-state index contributed by atoms with van der Waals surface area (Å²) < 4.78 is 11.6. The molecule has 0 amide bonds. The molecule has 1 fully saturated rings. The first-order valence-corrected chi connectivity index (χ1v) is 10.2. The first-order valence-electron chi connectivity index (χ1n) is 10.2. The van der Waals surface area contributed by atoms with Gasteiger partial charge in [-0.3, -0.25) is 0 Å². The standard InChI is InChI=1S/C25H28N2O2/c1-20-6-2-3-8-22(20)19-29-25-9-5-4-7-21(25)18-26-23-10-12-24(13-11-23)27-14-16-28-17-15-27/h2-13,26H,14-19H2,1H3. The highest BCUT2D eigenvalue weighted by Crippen LogP contribution is 2.23. The fourth-order valence-corrected chi connectivity index (χ4v) is 3.53. The van der Waals surface area contributed by atoms with Crippen LogP contribution in [0.4, 0.5) is 11.4 Å². The summed E-state index contributed by atoms with van der Waals surface area (Å²) >= 11 is 0. The normalized spacial score (nSPS) is 13.9. The number of benzene rings is 3. The highest BCUT2D eigenvalue weighted by Gasteiger charge is 2.11. The Bertz CT molecular complexity index is 918. The molecule has 1 aliphatic rings. The van der Waals surface area contributed by atoms with E-state index in [0.29, 0.717) is 6.61 Å². The van der Waals surface area contributed by atoms with Crippen LogP contribution in [0.5, 0.6) is 5.75 Å². The lowest BCUT2D eigenvalue weighted by molar-refractivity contribution is 0.122. The summed E-state index contributed by atoms with van der Waals surface area (Å²) in [7, 11) is 0. The van der Waals surface area contributed by atoms with Crippen LogP contribution in [0.25, 0.3) is 0 Å². The number of ether oxygens (including phenoxy) is 2. The Morgan fingerprint density at radius 2 is 1.55 bits per heavy atom. The number of morpholine rings is 1. The van der Waals surface area contributed by atoms with Crippen LogP contribution in [0.1, 0.15) is 16.7 Å². The lowest BCUT2D eigenvalue weighted by Crippen LogP contribution is -2.36. The summed E-state index contributed by atoms with van der Waals surface area (Å²) in [5.41, 5.74) is 5.98. The Kier molecular flexibility index (Phi) is 6.32. The number of anilines is 2. The van der Waals surface area contributed by atoms with Gasteiger partial charge in [-0.2, -0.15) is 0 Å². The summed E-state index contributed by atoms with van der Waals surface area (Å²) in [4.78, 5) is 2.36. The van der Waals surface area contributed by atoms with E-state index in [1.807, 2.05) is 12.1 Å². The molecule has 29 heavy (non-hydrogen) atoms. The first-order chi connectivity index (χ1) is 14.3. The van der Waals surface area contributed by atoms with E-state index in [-0.39, 0.29) is 0 Å². The molecule has 0 saturated carbocycles. The number of nitrogens with zero attached hydrogens (tertiary/aromatic N) is 1. The van der Waals surface area contributed by atoms with Crippen molar-refractivity contribution in [3.05, 3.63) is 89.5 Å². The Morgan fingerprint density at radius 1 is 0.862 bits per heavy atom. The number of hydrogen-bond acceptors (Lipinski definition) is 4. The molecule has 0 bridgehead atoms. The molecule has 0 atom stereocenters. The fourth-order valence-electron chi connectivity index (χ4n) is 3.53. The van der Waals surface area contributed by atoms with Crippen molar-refractivity contribution in [3.63, 3.8) is 0 Å². The lowest BCUT2D eigenvalue weighted by atomic mass is 10.1. The van der Waals surface area contributed by atoms with Crippen LogP contribution >= 0.6 is 0 Å². The second kappa shape index (κ2) is 9.48. The van der Waals surface area contributed by atoms with Crippen molar-refractivity contribution in [1.29, 1.82) is 0 Å². The van der Waals surface area contributed by atoms with Gasteiger partial charge in [0, 0.05) is 36.6 Å². The van der Waals surface area contributed by atoms with Crippen LogP contribution in [0.3, 0.4) is 0 Å². The van der Waals surface area contributed by atoms with E-state index < -0.39 is 0 Å². The highest BCUT2D eigenvalue weighted by molar-refractivity contribution is 5.55. The molecule has 1 aliphatic heterocycles. The van der Waals surface area contributed by atoms with Crippen molar-refractivity contribution < 1.29 is 9.47 Å². The molecule has 0 unspecified atom stereocenters. The molecular weight excluding hydrogens is 360 g/mol. The van der Waals surface area contributed by atoms with Gasteiger partial charge in [0.1, 0.15) is 12.4 Å². The van der Waals surface area contributed by atoms with Crippen LogP contribution in [-0.4, -0.2) is 26.3 Å². The van der Waals surface area contributed by atoms with Gasteiger partial charge in [0.15, 0.2) is 0 Å². The predicted octanol–water partition coefficient (Wildman–Crippen LogP) is 5.02. The zero-order valence-corrected chi connectivity index (χ0v) is 16.9. The van der Waals surface area contributed by atoms with Gasteiger partial charge in [-0.25, -0.2) is 0 Å².